The highest BCUT2D eigenvalue weighted by molar-refractivity contribution is 6.73. The molecule has 0 aliphatic carbocycles. The molecule has 0 bridgehead atoms. The highest BCUT2D eigenvalue weighted by Gasteiger charge is 2.22. The lowest BCUT2D eigenvalue weighted by molar-refractivity contribution is 0.112. The van der Waals surface area contributed by atoms with E-state index in [-0.39, 0.29) is 0 Å². The smallest absolute Gasteiger partial charge is 0.121 e. The molecule has 0 aromatic rings. The van der Waals surface area contributed by atoms with Crippen LogP contribution in [0.1, 0.15) is 6.42 Å². The highest BCUT2D eigenvalue weighted by Crippen LogP contribution is 2.09. The van der Waals surface area contributed by atoms with Crippen LogP contribution in [0, 0.1) is 0 Å². The molecule has 0 amide bonds. The molecular weight excluding hydrogens is 166 g/mol. The molecule has 0 aromatic heterocycles. The van der Waals surface area contributed by atoms with Crippen LogP contribution in [0.3, 0.4) is 0 Å². The minimum absolute atomic E-state index is 0.754. The van der Waals surface area contributed by atoms with Crippen molar-refractivity contribution in [3.8, 4) is 0 Å². The summed E-state index contributed by atoms with van der Waals surface area (Å²) in [7, 11) is 0.567. The molecule has 72 valence electrons. The van der Waals surface area contributed by atoms with E-state index in [0.29, 0.717) is 0 Å². The summed E-state index contributed by atoms with van der Waals surface area (Å²) < 4.78 is 7.58. The van der Waals surface area contributed by atoms with Crippen molar-refractivity contribution in [2.45, 2.75) is 26.1 Å². The number of hydrogen-bond acceptors (Lipinski definition) is 2. The maximum Gasteiger partial charge on any atom is 0.121 e. The van der Waals surface area contributed by atoms with Crippen LogP contribution < -0.4 is 0 Å². The van der Waals surface area contributed by atoms with Gasteiger partial charge >= 0.3 is 0 Å². The summed E-state index contributed by atoms with van der Waals surface area (Å²) in [4.78, 5) is 0. The fourth-order valence-electron chi connectivity index (χ4n) is 0.997. The third-order valence-electron chi connectivity index (χ3n) is 1.84. The Kier molecular flexibility index (Phi) is 5.45. The summed E-state index contributed by atoms with van der Waals surface area (Å²) in [5, 5.41) is 0. The Labute approximate surface area is 77.3 Å². The lowest BCUT2D eigenvalue weighted by Gasteiger charge is -2.32. The second kappa shape index (κ2) is 5.51. The summed E-state index contributed by atoms with van der Waals surface area (Å²) in [5.41, 5.74) is 0. The highest BCUT2D eigenvalue weighted by atomic mass is 28.3. The first kappa shape index (κ1) is 11.9. The number of rotatable bonds is 6. The minimum Gasteiger partial charge on any atom is -0.370 e. The molecule has 0 fully saturated rings. The quantitative estimate of drug-likeness (QED) is 0.359. The lowest BCUT2D eigenvalue weighted by Crippen LogP contribution is -2.47. The maximum atomic E-state index is 5.15. The second-order valence-corrected chi connectivity index (χ2v) is 8.90. The molecule has 0 spiro atoms. The number of methoxy groups -OCH3 is 1. The van der Waals surface area contributed by atoms with E-state index in [2.05, 4.69) is 30.8 Å². The van der Waals surface area contributed by atoms with Gasteiger partial charge in [-0.2, -0.15) is 0 Å². The molecule has 2 nitrogen and oxygen atoms in total. The van der Waals surface area contributed by atoms with E-state index < -0.39 is 8.24 Å². The van der Waals surface area contributed by atoms with Crippen molar-refractivity contribution >= 4 is 8.24 Å². The largest absolute Gasteiger partial charge is 0.370 e. The minimum atomic E-state index is -1.18. The van der Waals surface area contributed by atoms with Gasteiger partial charge < -0.3 is 9.30 Å². The van der Waals surface area contributed by atoms with Crippen LogP contribution in [0.15, 0.2) is 12.7 Å². The third kappa shape index (κ3) is 4.69. The van der Waals surface area contributed by atoms with Gasteiger partial charge in [0.1, 0.15) is 8.24 Å². The molecule has 0 aliphatic heterocycles. The SMILES string of the molecule is C=CCCN(COC)[Si](C)(C)C. The van der Waals surface area contributed by atoms with Gasteiger partial charge in [0.15, 0.2) is 0 Å². The zero-order valence-electron chi connectivity index (χ0n) is 8.76. The van der Waals surface area contributed by atoms with E-state index in [9.17, 15) is 0 Å². The Morgan fingerprint density at radius 1 is 1.42 bits per heavy atom. The van der Waals surface area contributed by atoms with E-state index in [1.807, 2.05) is 6.08 Å². The van der Waals surface area contributed by atoms with Crippen LogP contribution in [-0.2, 0) is 4.74 Å². The summed E-state index contributed by atoms with van der Waals surface area (Å²) in [6, 6.07) is 0. The van der Waals surface area contributed by atoms with Gasteiger partial charge in [0.25, 0.3) is 0 Å². The van der Waals surface area contributed by atoms with Gasteiger partial charge in [-0.3, -0.25) is 0 Å². The van der Waals surface area contributed by atoms with E-state index in [0.717, 1.165) is 19.7 Å². The Balaban J connectivity index is 3.94. The topological polar surface area (TPSA) is 12.5 Å². The van der Waals surface area contributed by atoms with Gasteiger partial charge in [-0.05, 0) is 13.0 Å². The molecule has 0 aliphatic rings. The summed E-state index contributed by atoms with van der Waals surface area (Å²) in [6.45, 7) is 12.5. The zero-order valence-corrected chi connectivity index (χ0v) is 9.76. The van der Waals surface area contributed by atoms with E-state index >= 15 is 0 Å². The van der Waals surface area contributed by atoms with E-state index in [4.69, 9.17) is 4.74 Å². The van der Waals surface area contributed by atoms with Gasteiger partial charge in [0.05, 0.1) is 6.73 Å². The van der Waals surface area contributed by atoms with Crippen molar-refractivity contribution in [1.82, 2.24) is 4.57 Å². The van der Waals surface area contributed by atoms with Crippen molar-refractivity contribution in [2.75, 3.05) is 20.4 Å². The Morgan fingerprint density at radius 3 is 2.33 bits per heavy atom. The Morgan fingerprint density at radius 2 is 2.00 bits per heavy atom. The monoisotopic (exact) mass is 187 g/mol. The van der Waals surface area contributed by atoms with Crippen LogP contribution in [0.4, 0.5) is 0 Å². The standard InChI is InChI=1S/C9H21NOSi/c1-6-7-8-10(9-11-2)12(3,4)5/h6H,1,7-9H2,2-5H3. The first-order valence-electron chi connectivity index (χ1n) is 4.37. The van der Waals surface area contributed by atoms with Crippen molar-refractivity contribution in [2.24, 2.45) is 0 Å². The lowest BCUT2D eigenvalue weighted by atomic mass is 10.4. The number of ether oxygens (including phenoxy) is 1. The van der Waals surface area contributed by atoms with Crippen LogP contribution in [0.5, 0.6) is 0 Å². The van der Waals surface area contributed by atoms with Crippen molar-refractivity contribution in [3.63, 3.8) is 0 Å². The second-order valence-electron chi connectivity index (χ2n) is 3.93. The molecule has 0 saturated carbocycles. The molecular formula is C9H21NOSi. The predicted octanol–water partition coefficient (Wildman–Crippen LogP) is 2.30. The molecule has 0 atom stereocenters. The number of hydrogen-bond donors (Lipinski definition) is 0. The number of nitrogens with zero attached hydrogens (tertiary/aromatic N) is 1. The van der Waals surface area contributed by atoms with Crippen molar-refractivity contribution in [3.05, 3.63) is 12.7 Å². The average Bonchev–Trinajstić information content (AvgIpc) is 1.95. The van der Waals surface area contributed by atoms with Gasteiger partial charge in [-0.1, -0.05) is 25.7 Å². The average molecular weight is 187 g/mol. The molecule has 0 rings (SSSR count). The molecule has 0 unspecified atom stereocenters. The van der Waals surface area contributed by atoms with Gasteiger partial charge in [0.2, 0.25) is 0 Å². The maximum absolute atomic E-state index is 5.15. The van der Waals surface area contributed by atoms with E-state index in [1.54, 1.807) is 7.11 Å². The fourth-order valence-corrected chi connectivity index (χ4v) is 2.31. The summed E-state index contributed by atoms with van der Waals surface area (Å²) in [6.07, 6.45) is 3.01. The summed E-state index contributed by atoms with van der Waals surface area (Å²) in [5.74, 6) is 0. The molecule has 0 N–H and O–H groups in total. The Bertz CT molecular complexity index is 131. The van der Waals surface area contributed by atoms with Gasteiger partial charge in [-0.15, -0.1) is 6.58 Å². The molecule has 12 heavy (non-hydrogen) atoms. The van der Waals surface area contributed by atoms with Crippen molar-refractivity contribution in [1.29, 1.82) is 0 Å². The first-order valence-corrected chi connectivity index (χ1v) is 7.82. The Hall–Kier alpha value is -0.123. The van der Waals surface area contributed by atoms with Crippen LogP contribution >= 0.6 is 0 Å². The van der Waals surface area contributed by atoms with Crippen LogP contribution in [0.2, 0.25) is 19.6 Å². The zero-order chi connectivity index (χ0) is 9.61. The van der Waals surface area contributed by atoms with E-state index in [1.165, 1.54) is 0 Å². The van der Waals surface area contributed by atoms with Gasteiger partial charge in [-0.25, -0.2) is 0 Å². The molecule has 0 aromatic carbocycles. The third-order valence-corrected chi connectivity index (χ3v) is 4.09. The summed E-state index contributed by atoms with van der Waals surface area (Å²) >= 11 is 0. The van der Waals surface area contributed by atoms with Crippen LogP contribution in [0.25, 0.3) is 0 Å². The fraction of sp³-hybridized carbons (Fsp3) is 0.778. The normalized spacial score (nSPS) is 12.1. The van der Waals surface area contributed by atoms with Crippen LogP contribution in [-0.4, -0.2) is 33.2 Å². The molecule has 0 saturated heterocycles. The van der Waals surface area contributed by atoms with Gasteiger partial charge in [0, 0.05) is 7.11 Å². The molecule has 0 radical (unpaired) electrons. The van der Waals surface area contributed by atoms with Crippen molar-refractivity contribution < 1.29 is 4.74 Å². The first-order chi connectivity index (χ1) is 5.52. The predicted molar refractivity (Wildman–Crippen MR) is 56.7 cm³/mol. The molecule has 0 heterocycles. The molecule has 3 heteroatoms.